The van der Waals surface area contributed by atoms with E-state index in [1.54, 1.807) is 25.1 Å². The van der Waals surface area contributed by atoms with E-state index in [2.05, 4.69) is 5.32 Å². The summed E-state index contributed by atoms with van der Waals surface area (Å²) in [6, 6.07) is 13.7. The third kappa shape index (κ3) is 3.54. The van der Waals surface area contributed by atoms with E-state index in [0.29, 0.717) is 12.1 Å². The molecule has 0 saturated heterocycles. The lowest BCUT2D eigenvalue weighted by atomic mass is 10.1. The Morgan fingerprint density at radius 2 is 1.68 bits per heavy atom. The normalized spacial score (nSPS) is 11.2. The predicted octanol–water partition coefficient (Wildman–Crippen LogP) is 3.43. The topological polar surface area (TPSA) is 63.2 Å². The molecule has 5 heteroatoms. The molecule has 0 fully saturated rings. The summed E-state index contributed by atoms with van der Waals surface area (Å²) in [5.74, 6) is -0.383. The van der Waals surface area contributed by atoms with Gasteiger partial charge in [0.1, 0.15) is 0 Å². The largest absolute Gasteiger partial charge is 0.322 e. The molecule has 0 aliphatic heterocycles. The van der Waals surface area contributed by atoms with Crippen LogP contribution in [0, 0.1) is 6.92 Å². The van der Waals surface area contributed by atoms with Gasteiger partial charge in [0.05, 0.1) is 16.2 Å². The molecule has 0 saturated carbocycles. The maximum atomic E-state index is 12.5. The van der Waals surface area contributed by atoms with Crippen molar-refractivity contribution in [2.45, 2.75) is 25.2 Å². The average Bonchev–Trinajstić information content (AvgIpc) is 2.49. The highest BCUT2D eigenvalue weighted by Crippen LogP contribution is 2.20. The molecule has 0 aromatic heterocycles. The van der Waals surface area contributed by atoms with Gasteiger partial charge in [-0.25, -0.2) is 8.42 Å². The number of aryl methyl sites for hydroxylation is 1. The Labute approximate surface area is 131 Å². The number of hydrogen-bond donors (Lipinski definition) is 1. The number of hydrogen-bond acceptors (Lipinski definition) is 3. The third-order valence-electron chi connectivity index (χ3n) is 3.33. The van der Waals surface area contributed by atoms with E-state index in [4.69, 9.17) is 0 Å². The maximum absolute atomic E-state index is 12.5. The molecule has 116 valence electrons. The van der Waals surface area contributed by atoms with Gasteiger partial charge in [-0.2, -0.15) is 0 Å². The molecule has 22 heavy (non-hydrogen) atoms. The van der Waals surface area contributed by atoms with Gasteiger partial charge >= 0.3 is 0 Å². The van der Waals surface area contributed by atoms with Gasteiger partial charge < -0.3 is 5.32 Å². The van der Waals surface area contributed by atoms with E-state index in [0.717, 1.165) is 5.56 Å². The zero-order valence-electron chi connectivity index (χ0n) is 12.7. The first-order chi connectivity index (χ1) is 10.5. The van der Waals surface area contributed by atoms with Crippen LogP contribution in [-0.2, 0) is 9.84 Å². The number of rotatable bonds is 5. The van der Waals surface area contributed by atoms with Crippen LogP contribution in [0.5, 0.6) is 0 Å². The summed E-state index contributed by atoms with van der Waals surface area (Å²) in [5, 5.41) is 2.78. The Balaban J connectivity index is 2.37. The summed E-state index contributed by atoms with van der Waals surface area (Å²) in [5.41, 5.74) is 1.78. The first-order valence-electron chi connectivity index (χ1n) is 7.14. The van der Waals surface area contributed by atoms with Gasteiger partial charge in [0, 0.05) is 5.69 Å². The molecular formula is C17H19NO3S. The highest BCUT2D eigenvalue weighted by Gasteiger charge is 2.21. The molecule has 0 atom stereocenters. The Morgan fingerprint density at radius 3 is 2.36 bits per heavy atom. The van der Waals surface area contributed by atoms with E-state index < -0.39 is 15.7 Å². The van der Waals surface area contributed by atoms with E-state index in [1.165, 1.54) is 12.1 Å². The molecule has 1 amide bonds. The standard InChI is InChI=1S/C17H19NO3S/c1-3-12-22(20,21)16-11-7-5-9-14(16)17(19)18-15-10-6-4-8-13(15)2/h4-11H,3,12H2,1-2H3,(H,18,19). The minimum atomic E-state index is -3.45. The van der Waals surface area contributed by atoms with Crippen LogP contribution in [0.15, 0.2) is 53.4 Å². The summed E-state index contributed by atoms with van der Waals surface area (Å²) < 4.78 is 24.6. The van der Waals surface area contributed by atoms with Crippen molar-refractivity contribution >= 4 is 21.4 Å². The summed E-state index contributed by atoms with van der Waals surface area (Å²) in [6.07, 6.45) is 0.510. The number of amides is 1. The van der Waals surface area contributed by atoms with E-state index in [-0.39, 0.29) is 16.2 Å². The highest BCUT2D eigenvalue weighted by atomic mass is 32.2. The Hall–Kier alpha value is -2.14. The zero-order valence-corrected chi connectivity index (χ0v) is 13.5. The van der Waals surface area contributed by atoms with Gasteiger partial charge in [0.15, 0.2) is 9.84 Å². The van der Waals surface area contributed by atoms with Gasteiger partial charge in [0.2, 0.25) is 0 Å². The van der Waals surface area contributed by atoms with Crippen LogP contribution in [0.1, 0.15) is 29.3 Å². The number of nitrogens with one attached hydrogen (secondary N) is 1. The molecule has 0 bridgehead atoms. The minimum Gasteiger partial charge on any atom is -0.322 e. The number of carbonyl (C=O) groups excluding carboxylic acids is 1. The number of anilines is 1. The van der Waals surface area contributed by atoms with Crippen molar-refractivity contribution in [2.75, 3.05) is 11.1 Å². The minimum absolute atomic E-state index is 0.0294. The SMILES string of the molecule is CCCS(=O)(=O)c1ccccc1C(=O)Nc1ccccc1C. The van der Waals surface area contributed by atoms with Gasteiger partial charge in [-0.1, -0.05) is 37.3 Å². The zero-order chi connectivity index (χ0) is 16.2. The van der Waals surface area contributed by atoms with E-state index >= 15 is 0 Å². The highest BCUT2D eigenvalue weighted by molar-refractivity contribution is 7.91. The monoisotopic (exact) mass is 317 g/mol. The molecular weight excluding hydrogens is 298 g/mol. The van der Waals surface area contributed by atoms with Crippen molar-refractivity contribution in [3.63, 3.8) is 0 Å². The molecule has 2 aromatic carbocycles. The van der Waals surface area contributed by atoms with Crippen molar-refractivity contribution in [2.24, 2.45) is 0 Å². The quantitative estimate of drug-likeness (QED) is 0.919. The van der Waals surface area contributed by atoms with E-state index in [1.807, 2.05) is 25.1 Å². The maximum Gasteiger partial charge on any atom is 0.256 e. The molecule has 1 N–H and O–H groups in total. The van der Waals surface area contributed by atoms with Gasteiger partial charge in [-0.15, -0.1) is 0 Å². The van der Waals surface area contributed by atoms with Gasteiger partial charge in [-0.05, 0) is 37.1 Å². The van der Waals surface area contributed by atoms with Crippen molar-refractivity contribution in [1.82, 2.24) is 0 Å². The number of carbonyl (C=O) groups is 1. The lowest BCUT2D eigenvalue weighted by molar-refractivity contribution is 0.102. The third-order valence-corrected chi connectivity index (χ3v) is 5.30. The Morgan fingerprint density at radius 1 is 1.05 bits per heavy atom. The molecule has 0 radical (unpaired) electrons. The fraction of sp³-hybridized carbons (Fsp3) is 0.235. The summed E-state index contributed by atoms with van der Waals surface area (Å²) in [4.78, 5) is 12.5. The first-order valence-corrected chi connectivity index (χ1v) is 8.79. The van der Waals surface area contributed by atoms with Crippen molar-refractivity contribution in [3.8, 4) is 0 Å². The molecule has 2 rings (SSSR count). The summed E-state index contributed by atoms with van der Waals surface area (Å²) >= 11 is 0. The van der Waals surface area contributed by atoms with Crippen LogP contribution in [0.3, 0.4) is 0 Å². The number of benzene rings is 2. The molecule has 0 aliphatic carbocycles. The van der Waals surface area contributed by atoms with Crippen LogP contribution in [0.4, 0.5) is 5.69 Å². The van der Waals surface area contributed by atoms with Crippen molar-refractivity contribution in [3.05, 3.63) is 59.7 Å². The average molecular weight is 317 g/mol. The second kappa shape index (κ2) is 6.75. The van der Waals surface area contributed by atoms with Gasteiger partial charge in [0.25, 0.3) is 5.91 Å². The predicted molar refractivity (Wildman–Crippen MR) is 87.9 cm³/mol. The molecule has 0 heterocycles. The van der Waals surface area contributed by atoms with Crippen LogP contribution in [-0.4, -0.2) is 20.1 Å². The molecule has 0 aliphatic rings. The van der Waals surface area contributed by atoms with Crippen molar-refractivity contribution in [1.29, 1.82) is 0 Å². The lowest BCUT2D eigenvalue weighted by Crippen LogP contribution is -2.18. The van der Waals surface area contributed by atoms with Crippen LogP contribution in [0.2, 0.25) is 0 Å². The summed E-state index contributed by atoms with van der Waals surface area (Å²) in [7, 11) is -3.45. The number of sulfone groups is 1. The molecule has 4 nitrogen and oxygen atoms in total. The summed E-state index contributed by atoms with van der Waals surface area (Å²) in [6.45, 7) is 3.68. The second-order valence-electron chi connectivity index (χ2n) is 5.08. The lowest BCUT2D eigenvalue weighted by Gasteiger charge is -2.12. The smallest absolute Gasteiger partial charge is 0.256 e. The Bertz CT molecular complexity index is 782. The Kier molecular flexibility index (Phi) is 4.98. The molecule has 0 unspecified atom stereocenters. The number of para-hydroxylation sites is 1. The van der Waals surface area contributed by atoms with Gasteiger partial charge in [-0.3, -0.25) is 4.79 Å². The van der Waals surface area contributed by atoms with Crippen LogP contribution >= 0.6 is 0 Å². The van der Waals surface area contributed by atoms with E-state index in [9.17, 15) is 13.2 Å². The fourth-order valence-corrected chi connectivity index (χ4v) is 3.75. The van der Waals surface area contributed by atoms with Crippen molar-refractivity contribution < 1.29 is 13.2 Å². The second-order valence-corrected chi connectivity index (χ2v) is 7.16. The van der Waals surface area contributed by atoms with Crippen LogP contribution in [0.25, 0.3) is 0 Å². The molecule has 2 aromatic rings. The van der Waals surface area contributed by atoms with Crippen LogP contribution < -0.4 is 5.32 Å². The molecule has 0 spiro atoms. The fourth-order valence-electron chi connectivity index (χ4n) is 2.21. The first kappa shape index (κ1) is 16.2.